The molecule has 0 saturated carbocycles. The molecule has 22 N–H and O–H groups in total. The Morgan fingerprint density at radius 2 is 0.524 bits per heavy atom. The summed E-state index contributed by atoms with van der Waals surface area (Å²) in [5.41, 5.74) is 0. The Labute approximate surface area is 708 Å². The molecule has 61 nitrogen and oxygen atoms in total. The van der Waals surface area contributed by atoms with Crippen molar-refractivity contribution < 1.29 is 286 Å². The maximum Gasteiger partial charge on any atom is 0.397 e. The number of carbonyl (C=O) groups excluding carboxylic acids is 1. The molecule has 126 heavy (non-hydrogen) atoms. The van der Waals surface area contributed by atoms with E-state index < -0.39 is 412 Å². The van der Waals surface area contributed by atoms with Crippen LogP contribution in [-0.4, -0.2) is 525 Å². The molecule has 14 aliphatic rings. The predicted octanol–water partition coefficient (Wildman–Crippen LogP) is -18.6. The topological polar surface area (TPSA) is 891 Å². The molecule has 728 valence electrons. The molecule has 66 heteroatoms. The van der Waals surface area contributed by atoms with Crippen molar-refractivity contribution >= 4 is 58.3 Å². The van der Waals surface area contributed by atoms with Crippen LogP contribution in [0.5, 0.6) is 0 Å². The van der Waals surface area contributed by atoms with Crippen LogP contribution in [0, 0.1) is 0 Å². The van der Waals surface area contributed by atoms with Gasteiger partial charge in [0.05, 0.1) is 66.1 Å². The Kier molecular flexibility index (Phi) is 31.3. The molecule has 14 fully saturated rings. The third-order valence-electron chi connectivity index (χ3n) is 22.7. The number of fused-ring (bicyclic) bond motifs is 10. The molecule has 0 aliphatic carbocycles. The van der Waals surface area contributed by atoms with Gasteiger partial charge in [0.1, 0.15) is 244 Å². The number of aliphatic hydroxyl groups excluding tert-OH is 17. The van der Waals surface area contributed by atoms with E-state index in [0.717, 1.165) is 0 Å². The molecule has 49 unspecified atom stereocenters. The van der Waals surface area contributed by atoms with Crippen LogP contribution < -0.4 is 0 Å². The maximum atomic E-state index is 12.5. The second-order valence-electron chi connectivity index (χ2n) is 30.7. The summed E-state index contributed by atoms with van der Waals surface area (Å²) in [6.07, 6.45) is -98.6. The monoisotopic (exact) mass is 1950 g/mol. The molecular weight excluding hydrogens is 1860 g/mol. The smallest absolute Gasteiger partial charge is 0.394 e. The number of hydrogen-bond acceptors (Lipinski definition) is 56. The van der Waals surface area contributed by atoms with Gasteiger partial charge in [0, 0.05) is 0 Å². The highest BCUT2D eigenvalue weighted by Gasteiger charge is 2.66. The van der Waals surface area contributed by atoms with Gasteiger partial charge in [-0.25, -0.2) is 20.9 Å². The van der Waals surface area contributed by atoms with Gasteiger partial charge in [0.2, 0.25) is 0 Å². The molecule has 0 amide bonds. The van der Waals surface area contributed by atoms with E-state index >= 15 is 0 Å². The van der Waals surface area contributed by atoms with Crippen molar-refractivity contribution in [3.63, 3.8) is 0 Å². The molecule has 0 aromatic rings. The molecule has 0 aromatic heterocycles. The zero-order chi connectivity index (χ0) is 91.4. The van der Waals surface area contributed by atoms with E-state index in [1.54, 1.807) is 0 Å². The fourth-order valence-corrected chi connectivity index (χ4v) is 19.6. The summed E-state index contributed by atoms with van der Waals surface area (Å²) in [4.78, 5) is 11.7. The Bertz CT molecular complexity index is 4250. The zero-order valence-electron chi connectivity index (χ0n) is 63.7. The number of aldehydes is 1. The SMILES string of the molecule is O=CC(O)C(OC1OC2COC(C1O)C2OC1OC(CO)C(OS(=O)(=O)O)C(OC2OC3COC(C2O)C3OC2OC(CO)C(OS(=O)(=O)O)C(OC3OC4COC(C3O)C4OC3OC(CO)C(OS(=O)(=O)O)C(OC4OC5COC(C4O)C5OC4OC(CO)C(OS(=O)(=O)O)C(OC5OC6COC(C6O)C5O)C4O)C3O)C2O)C1O)C(OS(=O)(=O)O)C(O)CO. The standard InChI is InChI=1S/C60H92O61S5/c61-1-12(67)33(34(13(68)2-62)117-122(79,80)81)108-53-25(71)44-35(19(104-53)8-95-44)109-58-30(76)49(40(15(4-64)100-58)119-124(85,86)87)114-55-27(73)46-37(21(106-55)10-97-46)111-60-32(78)51(42(17(6-66)102-60)121-126(91,92)93)116-56-28(74)47-38(22(107-56)11-98-47)112-59-31(77)50(41(16(5-65)101-59)120-125(88,89)90)115-54-26(72)45-36(20(105-54)9-96-45)110-57-29(75)48(39(14(3-63)99-57)118-123(82,83)84)113-52-24(70)43-23(69)18(103-52)7-94-43/h1,12-60,62-78H,2-11H2,(H,79,80,81)(H,82,83,84)(H,85,86,87)(H,88,89,90)(H,91,92,93). The van der Waals surface area contributed by atoms with Gasteiger partial charge in [-0.1, -0.05) is 0 Å². The van der Waals surface area contributed by atoms with Crippen molar-refractivity contribution in [1.82, 2.24) is 0 Å². The Hall–Kier alpha value is -2.58. The lowest BCUT2D eigenvalue weighted by molar-refractivity contribution is -0.383. The lowest BCUT2D eigenvalue weighted by atomic mass is 9.96. The Morgan fingerprint density at radius 1 is 0.286 bits per heavy atom. The normalized spacial score (nSPS) is 48.4. The maximum absolute atomic E-state index is 12.5. The summed E-state index contributed by atoms with van der Waals surface area (Å²) < 4.78 is 328. The average Bonchev–Trinajstić information content (AvgIpc) is 1.53. The first-order valence-corrected chi connectivity index (χ1v) is 44.9. The second-order valence-corrected chi connectivity index (χ2v) is 36.0. The summed E-state index contributed by atoms with van der Waals surface area (Å²) in [6, 6.07) is 0. The van der Waals surface area contributed by atoms with Crippen LogP contribution in [0.15, 0.2) is 0 Å². The number of ether oxygens (including phenoxy) is 23. The fraction of sp³-hybridized carbons (Fsp3) is 0.983. The van der Waals surface area contributed by atoms with E-state index in [1.165, 1.54) is 0 Å². The largest absolute Gasteiger partial charge is 0.397 e. The van der Waals surface area contributed by atoms with Crippen LogP contribution in [0.2, 0.25) is 0 Å². The average molecular weight is 1950 g/mol. The van der Waals surface area contributed by atoms with Crippen LogP contribution in [0.3, 0.4) is 0 Å². The third kappa shape index (κ3) is 21.3. The first kappa shape index (κ1) is 99.4. The minimum absolute atomic E-state index is 0.248. The highest BCUT2D eigenvalue weighted by atomic mass is 32.3. The number of carbonyl (C=O) groups is 1. The van der Waals surface area contributed by atoms with Gasteiger partial charge in [0.15, 0.2) is 62.9 Å². The molecular formula is C60H92O61S5. The molecule has 0 aromatic carbocycles. The van der Waals surface area contributed by atoms with Gasteiger partial charge in [-0.3, -0.25) is 22.8 Å². The molecule has 14 aliphatic heterocycles. The van der Waals surface area contributed by atoms with E-state index in [-0.39, 0.29) is 12.9 Å². The van der Waals surface area contributed by atoms with E-state index in [1.807, 2.05) is 0 Å². The van der Waals surface area contributed by atoms with Crippen LogP contribution in [0.4, 0.5) is 0 Å². The van der Waals surface area contributed by atoms with Gasteiger partial charge >= 0.3 is 52.0 Å². The minimum atomic E-state index is -5.68. The molecule has 0 spiro atoms. The van der Waals surface area contributed by atoms with Gasteiger partial charge < -0.3 is 201 Å². The predicted molar refractivity (Wildman–Crippen MR) is 366 cm³/mol. The highest BCUT2D eigenvalue weighted by molar-refractivity contribution is 7.81. The summed E-state index contributed by atoms with van der Waals surface area (Å²) in [5, 5.41) is 189. The zero-order valence-corrected chi connectivity index (χ0v) is 67.8. The first-order chi connectivity index (χ1) is 59.2. The fourth-order valence-electron chi connectivity index (χ4n) is 17.0. The highest BCUT2D eigenvalue weighted by Crippen LogP contribution is 2.46. The van der Waals surface area contributed by atoms with Gasteiger partial charge in [-0.2, -0.15) is 42.1 Å². The third-order valence-corrected chi connectivity index (χ3v) is 25.0. The summed E-state index contributed by atoms with van der Waals surface area (Å²) in [7, 11) is -28.0. The quantitative estimate of drug-likeness (QED) is 0.0203. The van der Waals surface area contributed by atoms with E-state index in [0.29, 0.717) is 0 Å². The number of aliphatic hydroxyl groups is 17. The van der Waals surface area contributed by atoms with Gasteiger partial charge in [-0.15, -0.1) is 0 Å². The van der Waals surface area contributed by atoms with E-state index in [2.05, 4.69) is 4.18 Å². The van der Waals surface area contributed by atoms with Crippen molar-refractivity contribution in [2.24, 2.45) is 0 Å². The molecule has 0 radical (unpaired) electrons. The summed E-state index contributed by atoms with van der Waals surface area (Å²) in [6.45, 7) is -8.84. The molecule has 14 saturated heterocycles. The van der Waals surface area contributed by atoms with Crippen molar-refractivity contribution in [2.75, 3.05) is 66.1 Å². The molecule has 14 rings (SSSR count). The van der Waals surface area contributed by atoms with E-state index in [4.69, 9.17) is 126 Å². The lowest BCUT2D eigenvalue weighted by Crippen LogP contribution is -2.67. The van der Waals surface area contributed by atoms with Crippen LogP contribution in [-0.2, 0) is 187 Å². The Morgan fingerprint density at radius 3 is 0.786 bits per heavy atom. The van der Waals surface area contributed by atoms with Gasteiger partial charge in [-0.05, 0) is 0 Å². The van der Waals surface area contributed by atoms with E-state index in [9.17, 15) is 156 Å². The number of hydrogen-bond donors (Lipinski definition) is 22. The van der Waals surface area contributed by atoms with Crippen molar-refractivity contribution in [2.45, 2.75) is 301 Å². The molecule has 14 heterocycles. The number of rotatable bonds is 37. The minimum Gasteiger partial charge on any atom is -0.394 e. The van der Waals surface area contributed by atoms with Crippen molar-refractivity contribution in [3.8, 4) is 0 Å². The second kappa shape index (κ2) is 39.6. The first-order valence-electron chi connectivity index (χ1n) is 38.0. The lowest BCUT2D eigenvalue weighted by Gasteiger charge is -2.49. The Balaban J connectivity index is 0.631. The van der Waals surface area contributed by atoms with Crippen LogP contribution >= 0.6 is 0 Å². The van der Waals surface area contributed by atoms with Crippen LogP contribution in [0.1, 0.15) is 0 Å². The van der Waals surface area contributed by atoms with Gasteiger partial charge in [0.25, 0.3) is 0 Å². The van der Waals surface area contributed by atoms with Crippen molar-refractivity contribution in [1.29, 1.82) is 0 Å². The molecule has 10 bridgehead atoms. The summed E-state index contributed by atoms with van der Waals surface area (Å²) in [5.74, 6) is 0. The van der Waals surface area contributed by atoms with Crippen LogP contribution in [0.25, 0.3) is 0 Å². The summed E-state index contributed by atoms with van der Waals surface area (Å²) >= 11 is 0. The van der Waals surface area contributed by atoms with Crippen molar-refractivity contribution in [3.05, 3.63) is 0 Å². The molecule has 49 atom stereocenters.